The Balaban J connectivity index is 4.70. The molecule has 0 rings (SSSR count). The van der Waals surface area contributed by atoms with Gasteiger partial charge in [0, 0.05) is 14.6 Å². The van der Waals surface area contributed by atoms with Crippen molar-refractivity contribution in [3.8, 4) is 0 Å². The van der Waals surface area contributed by atoms with Gasteiger partial charge < -0.3 is 4.79 Å². The van der Waals surface area contributed by atoms with Crippen LogP contribution in [-0.2, 0) is 4.79 Å². The molecule has 0 aromatic heterocycles. The third-order valence-electron chi connectivity index (χ3n) is 0.275. The fourth-order valence-corrected chi connectivity index (χ4v) is 0.131. The first-order valence-electron chi connectivity index (χ1n) is 4.65. The molecule has 0 saturated carbocycles. The monoisotopic (exact) mass is 92.1 g/mol. The molecule has 1 atom stereocenters. The number of carbonyl (C=O) groups is 1. The number of ketones is 1. The van der Waals surface area contributed by atoms with Gasteiger partial charge in [-0.25, -0.2) is 0 Å². The molecule has 1 nitrogen and oxygen atoms in total. The van der Waals surface area contributed by atoms with Crippen molar-refractivity contribution in [3.05, 3.63) is 0 Å². The summed E-state index contributed by atoms with van der Waals surface area (Å²) in [6.07, 6.45) is -3.96. The number of hydrogen-bond donors (Lipinski definition) is 0. The van der Waals surface area contributed by atoms with Crippen LogP contribution in [0.1, 0.15) is 34.8 Å². The largest absolute Gasteiger partial charge is 0.300 e. The Bertz CT molecular complexity index is 181. The smallest absolute Gasteiger partial charge is 0.129 e. The number of rotatable bonds is 2. The molecule has 0 saturated heterocycles. The highest BCUT2D eigenvalue weighted by Crippen LogP contribution is 1.84. The highest BCUT2D eigenvalue weighted by Gasteiger charge is 1.83. The molecular weight excluding hydrogens is 76.1 g/mol. The lowest BCUT2D eigenvalue weighted by molar-refractivity contribution is -0.117. The van der Waals surface area contributed by atoms with E-state index in [2.05, 4.69) is 0 Å². The van der Waals surface area contributed by atoms with Gasteiger partial charge in [-0.1, -0.05) is 6.92 Å². The molecule has 1 heteroatoms. The number of carbonyl (C=O) groups excluding carboxylic acids is 1. The molecular formula is C5H10O. The Hall–Kier alpha value is -0.330. The zero-order valence-corrected chi connectivity index (χ0v) is 3.49. The molecule has 0 spiro atoms. The van der Waals surface area contributed by atoms with E-state index in [1.807, 2.05) is 0 Å². The van der Waals surface area contributed by atoms with Crippen LogP contribution in [0.4, 0.5) is 0 Å². The van der Waals surface area contributed by atoms with Crippen molar-refractivity contribution in [1.29, 1.82) is 0 Å². The molecule has 0 radical (unpaired) electrons. The second kappa shape index (κ2) is 2.88. The van der Waals surface area contributed by atoms with Crippen LogP contribution in [0.15, 0.2) is 0 Å². The Labute approximate surface area is 46.8 Å². The van der Waals surface area contributed by atoms with Crippen LogP contribution in [-0.4, -0.2) is 5.78 Å². The summed E-state index contributed by atoms with van der Waals surface area (Å²) in [7, 11) is 0. The van der Waals surface area contributed by atoms with Gasteiger partial charge in [0.2, 0.25) is 0 Å². The minimum absolute atomic E-state index is 1.14. The van der Waals surface area contributed by atoms with E-state index in [0.29, 0.717) is 0 Å². The van der Waals surface area contributed by atoms with Gasteiger partial charge in [-0.15, -0.1) is 0 Å². The molecule has 0 bridgehead atoms. The van der Waals surface area contributed by atoms with Crippen molar-refractivity contribution < 1.29 is 13.0 Å². The molecule has 0 aliphatic carbocycles. The van der Waals surface area contributed by atoms with Gasteiger partial charge in [0.15, 0.2) is 0 Å². The predicted octanol–water partition coefficient (Wildman–Crippen LogP) is 1.38. The number of hydrogen-bond acceptors (Lipinski definition) is 1. The van der Waals surface area contributed by atoms with Gasteiger partial charge in [-0.2, -0.15) is 0 Å². The molecule has 0 fully saturated rings. The lowest BCUT2D eigenvalue weighted by Gasteiger charge is -1.80. The van der Waals surface area contributed by atoms with Crippen LogP contribution in [0.25, 0.3) is 0 Å². The topological polar surface area (TPSA) is 17.1 Å². The van der Waals surface area contributed by atoms with Crippen molar-refractivity contribution in [3.63, 3.8) is 0 Å². The molecule has 0 N–H and O–H groups in total. The maximum Gasteiger partial charge on any atom is 0.129 e. The van der Waals surface area contributed by atoms with Crippen molar-refractivity contribution in [2.24, 2.45) is 0 Å². The van der Waals surface area contributed by atoms with Gasteiger partial charge in [0.1, 0.15) is 5.78 Å². The first kappa shape index (κ1) is 1.09. The van der Waals surface area contributed by atoms with E-state index in [0.717, 1.165) is 6.92 Å². The fourth-order valence-electron chi connectivity index (χ4n) is 0.131. The highest BCUT2D eigenvalue weighted by atomic mass is 16.1. The summed E-state index contributed by atoms with van der Waals surface area (Å²) < 4.78 is 40.9. The average Bonchev–Trinajstić information content (AvgIpc) is 1.83. The van der Waals surface area contributed by atoms with Gasteiger partial charge in [0.25, 0.3) is 0 Å². The van der Waals surface area contributed by atoms with Crippen LogP contribution in [0.5, 0.6) is 0 Å². The Morgan fingerprint density at radius 3 is 3.00 bits per heavy atom. The fraction of sp³-hybridized carbons (Fsp3) is 0.800. The SMILES string of the molecule is [2H]C(C)C([2H])([2H])C(=O)C([2H])([2H])[2H]. The second-order valence-electron chi connectivity index (χ2n) is 0.762. The zero-order valence-electron chi connectivity index (χ0n) is 9.49. The van der Waals surface area contributed by atoms with E-state index >= 15 is 0 Å². The van der Waals surface area contributed by atoms with Crippen LogP contribution in [0.2, 0.25) is 0 Å². The van der Waals surface area contributed by atoms with E-state index < -0.39 is 25.4 Å². The molecule has 0 heterocycles. The lowest BCUT2D eigenvalue weighted by atomic mass is 10.3. The Morgan fingerprint density at radius 1 is 2.17 bits per heavy atom. The summed E-state index contributed by atoms with van der Waals surface area (Å²) in [5, 5.41) is 0. The van der Waals surface area contributed by atoms with Gasteiger partial charge in [-0.3, -0.25) is 0 Å². The van der Waals surface area contributed by atoms with E-state index in [1.165, 1.54) is 0 Å². The maximum atomic E-state index is 10.9. The molecule has 0 aliphatic heterocycles. The normalized spacial score (nSPS) is 32.8. The number of Topliss-reactive ketones (excluding diaryl/α,β-unsaturated/α-hetero) is 1. The molecule has 0 aromatic carbocycles. The van der Waals surface area contributed by atoms with E-state index in [9.17, 15) is 4.79 Å². The molecule has 1 unspecified atom stereocenters. The average molecular weight is 92.2 g/mol. The Morgan fingerprint density at radius 2 is 2.83 bits per heavy atom. The summed E-state index contributed by atoms with van der Waals surface area (Å²) in [5.74, 6) is -1.50. The summed E-state index contributed by atoms with van der Waals surface area (Å²) in [4.78, 5) is 10.9. The van der Waals surface area contributed by atoms with Crippen molar-refractivity contribution in [1.82, 2.24) is 0 Å². The Kier molecular flexibility index (Phi) is 0.522. The minimum Gasteiger partial charge on any atom is -0.300 e. The highest BCUT2D eigenvalue weighted by molar-refractivity contribution is 5.75. The third kappa shape index (κ3) is 3.67. The zero-order chi connectivity index (χ0) is 10.2. The molecule has 36 valence electrons. The summed E-state index contributed by atoms with van der Waals surface area (Å²) in [5.41, 5.74) is 0. The first-order valence-corrected chi connectivity index (χ1v) is 1.57. The summed E-state index contributed by atoms with van der Waals surface area (Å²) in [6, 6.07) is 0. The maximum absolute atomic E-state index is 10.9. The molecule has 6 heavy (non-hydrogen) atoms. The molecule has 0 aliphatic rings. The predicted molar refractivity (Wildman–Crippen MR) is 25.6 cm³/mol. The standard InChI is InChI=1S/C5H10O/c1-3-4-5(2)6/h3-4H2,1-2H3/i2D3,3D,4D2. The van der Waals surface area contributed by atoms with E-state index in [-0.39, 0.29) is 0 Å². The van der Waals surface area contributed by atoms with Crippen molar-refractivity contribution >= 4 is 5.78 Å². The first-order chi connectivity index (χ1) is 5.10. The van der Waals surface area contributed by atoms with E-state index in [4.69, 9.17) is 8.22 Å². The quantitative estimate of drug-likeness (QED) is 0.503. The van der Waals surface area contributed by atoms with Gasteiger partial charge in [0.05, 0.1) is 0 Å². The van der Waals surface area contributed by atoms with E-state index in [1.54, 1.807) is 0 Å². The minimum atomic E-state index is -2.96. The van der Waals surface area contributed by atoms with Crippen LogP contribution >= 0.6 is 0 Å². The third-order valence-corrected chi connectivity index (χ3v) is 0.275. The summed E-state index contributed by atoms with van der Waals surface area (Å²) in [6.45, 7) is -1.82. The van der Waals surface area contributed by atoms with Crippen LogP contribution in [0, 0.1) is 0 Å². The van der Waals surface area contributed by atoms with Gasteiger partial charge in [-0.05, 0) is 13.2 Å². The molecule has 0 aromatic rings. The molecule has 0 amide bonds. The lowest BCUT2D eigenvalue weighted by Crippen LogP contribution is -1.84. The van der Waals surface area contributed by atoms with Crippen LogP contribution in [0.3, 0.4) is 0 Å². The van der Waals surface area contributed by atoms with Gasteiger partial charge >= 0.3 is 0 Å². The van der Waals surface area contributed by atoms with Crippen LogP contribution < -0.4 is 0 Å². The second-order valence-corrected chi connectivity index (χ2v) is 0.762. The van der Waals surface area contributed by atoms with Crippen molar-refractivity contribution in [2.75, 3.05) is 0 Å². The van der Waals surface area contributed by atoms with Crippen molar-refractivity contribution in [2.45, 2.75) is 26.5 Å². The summed E-state index contributed by atoms with van der Waals surface area (Å²) >= 11 is 0.